The number of carbonyl (C=O) groups excluding carboxylic acids is 1. The third-order valence-corrected chi connectivity index (χ3v) is 3.49. The summed E-state index contributed by atoms with van der Waals surface area (Å²) in [5.74, 6) is 5.55. The highest BCUT2D eigenvalue weighted by molar-refractivity contribution is 5.92. The average molecular weight is 307 g/mol. The van der Waals surface area contributed by atoms with Crippen LogP contribution in [-0.4, -0.2) is 11.0 Å². The van der Waals surface area contributed by atoms with Gasteiger partial charge in [-0.1, -0.05) is 18.2 Å². The van der Waals surface area contributed by atoms with E-state index in [1.54, 1.807) is 18.2 Å². The van der Waals surface area contributed by atoms with Crippen LogP contribution in [0.2, 0.25) is 0 Å². The molecule has 1 aliphatic heterocycles. The topological polar surface area (TPSA) is 58.4 Å². The first-order valence-electron chi connectivity index (χ1n) is 6.48. The van der Waals surface area contributed by atoms with Gasteiger partial charge in [0.25, 0.3) is 0 Å². The maximum absolute atomic E-state index is 12.6. The summed E-state index contributed by atoms with van der Waals surface area (Å²) < 4.78 is 37.7. The molecule has 22 heavy (non-hydrogen) atoms. The van der Waals surface area contributed by atoms with Crippen molar-refractivity contribution in [1.29, 1.82) is 0 Å². The zero-order valence-corrected chi connectivity index (χ0v) is 11.3. The Hall–Kier alpha value is -2.54. The number of amides is 2. The van der Waals surface area contributed by atoms with Crippen molar-refractivity contribution in [2.45, 2.75) is 12.7 Å². The van der Waals surface area contributed by atoms with E-state index in [1.165, 1.54) is 12.1 Å². The number of fused-ring (bicyclic) bond motifs is 1. The summed E-state index contributed by atoms with van der Waals surface area (Å²) in [6, 6.07) is 9.81. The second-order valence-corrected chi connectivity index (χ2v) is 5.01. The van der Waals surface area contributed by atoms with Crippen LogP contribution in [0.25, 0.3) is 11.1 Å². The molecule has 2 aromatic carbocycles. The fourth-order valence-electron chi connectivity index (χ4n) is 2.32. The first-order chi connectivity index (χ1) is 10.3. The van der Waals surface area contributed by atoms with Crippen molar-refractivity contribution in [2.75, 3.05) is 5.32 Å². The number of halogens is 3. The fraction of sp³-hybridized carbons (Fsp3) is 0.133. The molecular weight excluding hydrogens is 295 g/mol. The Kier molecular flexibility index (Phi) is 3.29. The van der Waals surface area contributed by atoms with Gasteiger partial charge in [0.2, 0.25) is 0 Å². The Bertz CT molecular complexity index is 726. The van der Waals surface area contributed by atoms with E-state index in [4.69, 9.17) is 5.84 Å². The highest BCUT2D eigenvalue weighted by atomic mass is 19.4. The van der Waals surface area contributed by atoms with E-state index in [9.17, 15) is 18.0 Å². The van der Waals surface area contributed by atoms with Crippen LogP contribution in [0.4, 0.5) is 23.7 Å². The van der Waals surface area contributed by atoms with Gasteiger partial charge in [-0.05, 0) is 41.0 Å². The van der Waals surface area contributed by atoms with Crippen LogP contribution in [0.15, 0.2) is 42.5 Å². The van der Waals surface area contributed by atoms with Gasteiger partial charge in [0.15, 0.2) is 0 Å². The largest absolute Gasteiger partial charge is 0.416 e. The molecule has 3 N–H and O–H groups in total. The van der Waals surface area contributed by atoms with Gasteiger partial charge in [-0.3, -0.25) is 5.01 Å². The number of nitrogens with zero attached hydrogens (tertiary/aromatic N) is 1. The smallest absolute Gasteiger partial charge is 0.306 e. The van der Waals surface area contributed by atoms with Gasteiger partial charge in [-0.15, -0.1) is 0 Å². The molecule has 1 heterocycles. The van der Waals surface area contributed by atoms with Crippen molar-refractivity contribution in [1.82, 2.24) is 5.01 Å². The molecule has 0 aromatic heterocycles. The molecule has 2 amide bonds. The van der Waals surface area contributed by atoms with E-state index in [-0.39, 0.29) is 6.54 Å². The van der Waals surface area contributed by atoms with Crippen LogP contribution in [-0.2, 0) is 12.7 Å². The number of nitrogens with two attached hydrogens (primary N) is 1. The summed E-state index contributed by atoms with van der Waals surface area (Å²) in [5.41, 5.74) is 2.20. The van der Waals surface area contributed by atoms with Crippen LogP contribution in [0.3, 0.4) is 0 Å². The number of nitrogens with one attached hydrogen (secondary N) is 1. The van der Waals surface area contributed by atoms with E-state index in [0.717, 1.165) is 28.3 Å². The lowest BCUT2D eigenvalue weighted by molar-refractivity contribution is -0.137. The first-order valence-corrected chi connectivity index (χ1v) is 6.48. The predicted octanol–water partition coefficient (Wildman–Crippen LogP) is 3.59. The van der Waals surface area contributed by atoms with Crippen molar-refractivity contribution in [3.63, 3.8) is 0 Å². The van der Waals surface area contributed by atoms with Gasteiger partial charge >= 0.3 is 12.2 Å². The van der Waals surface area contributed by atoms with Gasteiger partial charge in [0.1, 0.15) is 0 Å². The zero-order chi connectivity index (χ0) is 15.9. The lowest BCUT2D eigenvalue weighted by Crippen LogP contribution is -2.43. The second-order valence-electron chi connectivity index (χ2n) is 5.01. The summed E-state index contributed by atoms with van der Waals surface area (Å²) in [7, 11) is 0. The van der Waals surface area contributed by atoms with Gasteiger partial charge < -0.3 is 5.32 Å². The number of rotatable bonds is 1. The average Bonchev–Trinajstić information content (AvgIpc) is 2.47. The lowest BCUT2D eigenvalue weighted by atomic mass is 10.00. The second kappa shape index (κ2) is 5.03. The Morgan fingerprint density at radius 1 is 1.05 bits per heavy atom. The van der Waals surface area contributed by atoms with Gasteiger partial charge in [0, 0.05) is 5.69 Å². The minimum absolute atomic E-state index is 0.246. The first kappa shape index (κ1) is 14.4. The molecule has 0 saturated heterocycles. The number of urea groups is 1. The van der Waals surface area contributed by atoms with E-state index in [0.29, 0.717) is 11.3 Å². The van der Waals surface area contributed by atoms with Crippen molar-refractivity contribution >= 4 is 11.7 Å². The van der Waals surface area contributed by atoms with Crippen molar-refractivity contribution in [3.05, 3.63) is 53.6 Å². The van der Waals surface area contributed by atoms with Crippen molar-refractivity contribution < 1.29 is 18.0 Å². The molecule has 0 atom stereocenters. The van der Waals surface area contributed by atoms with Crippen LogP contribution in [0, 0.1) is 0 Å². The third kappa shape index (κ3) is 2.62. The molecule has 0 fully saturated rings. The van der Waals surface area contributed by atoms with Crippen LogP contribution in [0.1, 0.15) is 11.1 Å². The summed E-state index contributed by atoms with van der Waals surface area (Å²) in [6.07, 6.45) is -4.35. The quantitative estimate of drug-likeness (QED) is 0.625. The summed E-state index contributed by atoms with van der Waals surface area (Å²) in [6.45, 7) is 0.246. The number of hydrazine groups is 1. The molecule has 7 heteroatoms. The van der Waals surface area contributed by atoms with E-state index < -0.39 is 17.8 Å². The Balaban J connectivity index is 1.93. The molecule has 3 rings (SSSR count). The predicted molar refractivity (Wildman–Crippen MR) is 75.6 cm³/mol. The molecule has 114 valence electrons. The lowest BCUT2D eigenvalue weighted by Gasteiger charge is -2.25. The standard InChI is InChI=1S/C15H12F3N3O/c16-15(17,18)12-4-1-9(2-5-12)10-3-6-13-11(7-10)8-21(19)14(22)20-13/h1-7H,8,19H2,(H,20,22). The number of hydrogen-bond donors (Lipinski definition) is 2. The third-order valence-electron chi connectivity index (χ3n) is 3.49. The highest BCUT2D eigenvalue weighted by Crippen LogP contribution is 2.32. The van der Waals surface area contributed by atoms with E-state index >= 15 is 0 Å². The summed E-state index contributed by atoms with van der Waals surface area (Å²) in [4.78, 5) is 11.4. The minimum atomic E-state index is -4.35. The molecule has 0 spiro atoms. The fourth-order valence-corrected chi connectivity index (χ4v) is 2.32. The van der Waals surface area contributed by atoms with E-state index in [2.05, 4.69) is 5.32 Å². The summed E-state index contributed by atoms with van der Waals surface area (Å²) >= 11 is 0. The number of benzene rings is 2. The van der Waals surface area contributed by atoms with Crippen LogP contribution >= 0.6 is 0 Å². The Labute approximate surface area is 124 Å². The zero-order valence-electron chi connectivity index (χ0n) is 11.3. The summed E-state index contributed by atoms with van der Waals surface area (Å²) in [5, 5.41) is 3.67. The normalized spacial score (nSPS) is 14.5. The molecule has 0 saturated carbocycles. The van der Waals surface area contributed by atoms with Gasteiger partial charge in [-0.2, -0.15) is 13.2 Å². The molecule has 4 nitrogen and oxygen atoms in total. The van der Waals surface area contributed by atoms with Crippen molar-refractivity contribution in [2.24, 2.45) is 5.84 Å². The van der Waals surface area contributed by atoms with E-state index in [1.807, 2.05) is 0 Å². The Morgan fingerprint density at radius 3 is 2.32 bits per heavy atom. The minimum Gasteiger partial charge on any atom is -0.306 e. The van der Waals surface area contributed by atoms with Gasteiger partial charge in [0.05, 0.1) is 12.1 Å². The van der Waals surface area contributed by atoms with Gasteiger partial charge in [-0.25, -0.2) is 10.6 Å². The maximum atomic E-state index is 12.6. The van der Waals surface area contributed by atoms with Crippen molar-refractivity contribution in [3.8, 4) is 11.1 Å². The SMILES string of the molecule is NN1Cc2cc(-c3ccc(C(F)(F)F)cc3)ccc2NC1=O. The molecule has 1 aliphatic rings. The molecule has 0 radical (unpaired) electrons. The number of carbonyl (C=O) groups is 1. The Morgan fingerprint density at radius 2 is 1.68 bits per heavy atom. The van der Waals surface area contributed by atoms with Crippen LogP contribution < -0.4 is 11.2 Å². The number of anilines is 1. The molecule has 0 bridgehead atoms. The number of alkyl halides is 3. The molecular formula is C15H12F3N3O. The maximum Gasteiger partial charge on any atom is 0.416 e. The molecule has 0 unspecified atom stereocenters. The molecule has 0 aliphatic carbocycles. The highest BCUT2D eigenvalue weighted by Gasteiger charge is 2.30. The molecule has 2 aromatic rings. The number of hydrogen-bond acceptors (Lipinski definition) is 2. The van der Waals surface area contributed by atoms with Crippen LogP contribution in [0.5, 0.6) is 0 Å². The monoisotopic (exact) mass is 307 g/mol.